The number of anilines is 1. The molecule has 11 heteroatoms. The standard InChI is InChI=1S/C22H15F5N4O2/c1-33-15-8-2-12(3-9-15)17-10-18(19(23)24)31-20(30-17)16(11-28-31)21(32)29-14-6-4-13(5-7-14)22(25,26)27/h2-11,19H,1H3,(H,29,32). The van der Waals surface area contributed by atoms with Crippen LogP contribution in [0.5, 0.6) is 5.75 Å². The van der Waals surface area contributed by atoms with Crippen molar-refractivity contribution >= 4 is 17.2 Å². The number of methoxy groups -OCH3 is 1. The normalized spacial score (nSPS) is 11.7. The number of alkyl halides is 5. The number of nitrogens with one attached hydrogen (secondary N) is 1. The molecule has 0 saturated carbocycles. The average molecular weight is 462 g/mol. The lowest BCUT2D eigenvalue weighted by Crippen LogP contribution is -2.13. The van der Waals surface area contributed by atoms with Crippen molar-refractivity contribution in [2.75, 3.05) is 12.4 Å². The minimum Gasteiger partial charge on any atom is -0.497 e. The highest BCUT2D eigenvalue weighted by molar-refractivity contribution is 6.08. The van der Waals surface area contributed by atoms with Crippen LogP contribution in [-0.2, 0) is 6.18 Å². The van der Waals surface area contributed by atoms with E-state index in [2.05, 4.69) is 15.4 Å². The Labute approximate surface area is 183 Å². The molecule has 0 radical (unpaired) electrons. The molecule has 0 aliphatic rings. The Morgan fingerprint density at radius 1 is 1.06 bits per heavy atom. The Balaban J connectivity index is 1.71. The minimum absolute atomic E-state index is 0.0905. The molecule has 33 heavy (non-hydrogen) atoms. The summed E-state index contributed by atoms with van der Waals surface area (Å²) in [6, 6.07) is 11.5. The van der Waals surface area contributed by atoms with Gasteiger partial charge in [0.05, 0.1) is 24.6 Å². The molecule has 1 N–H and O–H groups in total. The molecule has 2 aromatic heterocycles. The molecule has 0 unspecified atom stereocenters. The second-order valence-corrected chi connectivity index (χ2v) is 6.92. The molecule has 0 saturated heterocycles. The van der Waals surface area contributed by atoms with E-state index in [0.717, 1.165) is 35.0 Å². The lowest BCUT2D eigenvalue weighted by Gasteiger charge is -2.10. The van der Waals surface area contributed by atoms with Gasteiger partial charge in [0.25, 0.3) is 12.3 Å². The van der Waals surface area contributed by atoms with Crippen LogP contribution >= 0.6 is 0 Å². The van der Waals surface area contributed by atoms with Gasteiger partial charge in [-0.3, -0.25) is 4.79 Å². The first-order chi connectivity index (χ1) is 15.7. The topological polar surface area (TPSA) is 68.5 Å². The fourth-order valence-corrected chi connectivity index (χ4v) is 3.15. The van der Waals surface area contributed by atoms with Gasteiger partial charge in [0.2, 0.25) is 0 Å². The highest BCUT2D eigenvalue weighted by atomic mass is 19.4. The van der Waals surface area contributed by atoms with Gasteiger partial charge >= 0.3 is 6.18 Å². The Hall–Kier alpha value is -4.02. The quantitative estimate of drug-likeness (QED) is 0.392. The van der Waals surface area contributed by atoms with Crippen LogP contribution in [0.15, 0.2) is 60.8 Å². The monoisotopic (exact) mass is 462 g/mol. The van der Waals surface area contributed by atoms with Crippen molar-refractivity contribution in [2.45, 2.75) is 12.6 Å². The maximum Gasteiger partial charge on any atom is 0.416 e. The van der Waals surface area contributed by atoms with E-state index in [0.29, 0.717) is 11.3 Å². The number of ether oxygens (including phenoxy) is 1. The van der Waals surface area contributed by atoms with E-state index in [-0.39, 0.29) is 22.6 Å². The first-order valence-electron chi connectivity index (χ1n) is 9.47. The first-order valence-corrected chi connectivity index (χ1v) is 9.47. The second kappa shape index (κ2) is 8.49. The predicted molar refractivity (Wildman–Crippen MR) is 109 cm³/mol. The van der Waals surface area contributed by atoms with E-state index in [4.69, 9.17) is 4.74 Å². The Morgan fingerprint density at radius 2 is 1.73 bits per heavy atom. The van der Waals surface area contributed by atoms with Crippen LogP contribution in [0, 0.1) is 0 Å². The number of aromatic nitrogens is 3. The number of rotatable bonds is 5. The van der Waals surface area contributed by atoms with Crippen molar-refractivity contribution in [1.82, 2.24) is 14.6 Å². The van der Waals surface area contributed by atoms with Crippen molar-refractivity contribution < 1.29 is 31.5 Å². The Morgan fingerprint density at radius 3 is 2.30 bits per heavy atom. The van der Waals surface area contributed by atoms with E-state index in [1.807, 2.05) is 0 Å². The fourth-order valence-electron chi connectivity index (χ4n) is 3.15. The zero-order valence-electron chi connectivity index (χ0n) is 16.9. The number of hydrogen-bond donors (Lipinski definition) is 1. The van der Waals surface area contributed by atoms with Crippen molar-refractivity contribution in [2.24, 2.45) is 0 Å². The molecule has 0 aliphatic carbocycles. The molecule has 0 spiro atoms. The molecular formula is C22H15F5N4O2. The van der Waals surface area contributed by atoms with Gasteiger partial charge in [-0.25, -0.2) is 18.3 Å². The van der Waals surface area contributed by atoms with Gasteiger partial charge < -0.3 is 10.1 Å². The zero-order chi connectivity index (χ0) is 23.8. The van der Waals surface area contributed by atoms with E-state index in [1.54, 1.807) is 24.3 Å². The van der Waals surface area contributed by atoms with Gasteiger partial charge in [0, 0.05) is 11.3 Å². The number of benzene rings is 2. The lowest BCUT2D eigenvalue weighted by atomic mass is 10.1. The third-order valence-corrected chi connectivity index (χ3v) is 4.82. The van der Waals surface area contributed by atoms with Crippen LogP contribution in [0.3, 0.4) is 0 Å². The second-order valence-electron chi connectivity index (χ2n) is 6.92. The largest absolute Gasteiger partial charge is 0.497 e. The van der Waals surface area contributed by atoms with Crippen molar-refractivity contribution in [3.8, 4) is 17.0 Å². The maximum atomic E-state index is 13.7. The van der Waals surface area contributed by atoms with Gasteiger partial charge in [0.1, 0.15) is 17.0 Å². The van der Waals surface area contributed by atoms with Gasteiger partial charge in [-0.05, 0) is 54.6 Å². The highest BCUT2D eigenvalue weighted by Gasteiger charge is 2.30. The van der Waals surface area contributed by atoms with Crippen LogP contribution in [0.25, 0.3) is 16.9 Å². The van der Waals surface area contributed by atoms with Gasteiger partial charge in [-0.1, -0.05) is 0 Å². The fraction of sp³-hybridized carbons (Fsp3) is 0.136. The number of fused-ring (bicyclic) bond motifs is 1. The first kappa shape index (κ1) is 22.2. The molecule has 4 aromatic rings. The smallest absolute Gasteiger partial charge is 0.416 e. The number of halogens is 5. The van der Waals surface area contributed by atoms with Crippen molar-refractivity contribution in [1.29, 1.82) is 0 Å². The molecule has 0 fully saturated rings. The Kier molecular flexibility index (Phi) is 5.71. The summed E-state index contributed by atoms with van der Waals surface area (Å²) >= 11 is 0. The zero-order valence-corrected chi connectivity index (χ0v) is 16.9. The molecule has 0 bridgehead atoms. The summed E-state index contributed by atoms with van der Waals surface area (Å²) in [7, 11) is 1.49. The summed E-state index contributed by atoms with van der Waals surface area (Å²) in [5.41, 5.74) is -0.800. The van der Waals surface area contributed by atoms with Crippen LogP contribution in [0.1, 0.15) is 28.0 Å². The number of carbonyl (C=O) groups is 1. The molecule has 1 amide bonds. The summed E-state index contributed by atoms with van der Waals surface area (Å²) < 4.78 is 71.5. The van der Waals surface area contributed by atoms with Crippen LogP contribution < -0.4 is 10.1 Å². The number of carbonyl (C=O) groups excluding carboxylic acids is 1. The van der Waals surface area contributed by atoms with E-state index >= 15 is 0 Å². The predicted octanol–water partition coefficient (Wildman–Crippen LogP) is 5.61. The van der Waals surface area contributed by atoms with Gasteiger partial charge in [-0.15, -0.1) is 0 Å². The summed E-state index contributed by atoms with van der Waals surface area (Å²) in [4.78, 5) is 17.1. The summed E-state index contributed by atoms with van der Waals surface area (Å²) in [5, 5.41) is 6.29. The maximum absolute atomic E-state index is 13.7. The third-order valence-electron chi connectivity index (χ3n) is 4.82. The Bertz CT molecular complexity index is 1300. The summed E-state index contributed by atoms with van der Waals surface area (Å²) in [5.74, 6) is -0.195. The SMILES string of the molecule is COc1ccc(-c2cc(C(F)F)n3ncc(C(=O)Nc4ccc(C(F)(F)F)cc4)c3n2)cc1. The molecule has 6 nitrogen and oxygen atoms in total. The van der Waals surface area contributed by atoms with Crippen molar-refractivity contribution in [3.05, 3.63) is 77.6 Å². The number of amides is 1. The van der Waals surface area contributed by atoms with Crippen LogP contribution in [-0.4, -0.2) is 27.6 Å². The molecule has 170 valence electrons. The van der Waals surface area contributed by atoms with E-state index < -0.39 is 29.8 Å². The van der Waals surface area contributed by atoms with Gasteiger partial charge in [0.15, 0.2) is 5.65 Å². The molecule has 2 heterocycles. The summed E-state index contributed by atoms with van der Waals surface area (Å²) in [6.45, 7) is 0. The number of nitrogens with zero attached hydrogens (tertiary/aromatic N) is 3. The molecular weight excluding hydrogens is 447 g/mol. The molecule has 0 atom stereocenters. The summed E-state index contributed by atoms with van der Waals surface area (Å²) in [6.07, 6.45) is -6.35. The minimum atomic E-state index is -4.52. The molecule has 4 rings (SSSR count). The van der Waals surface area contributed by atoms with Crippen LogP contribution in [0.2, 0.25) is 0 Å². The highest BCUT2D eigenvalue weighted by Crippen LogP contribution is 2.31. The van der Waals surface area contributed by atoms with Crippen molar-refractivity contribution in [3.63, 3.8) is 0 Å². The van der Waals surface area contributed by atoms with E-state index in [1.165, 1.54) is 13.2 Å². The third kappa shape index (κ3) is 4.47. The molecule has 2 aromatic carbocycles. The number of hydrogen-bond acceptors (Lipinski definition) is 4. The average Bonchev–Trinajstić information content (AvgIpc) is 3.22. The lowest BCUT2D eigenvalue weighted by molar-refractivity contribution is -0.137. The van der Waals surface area contributed by atoms with E-state index in [9.17, 15) is 26.7 Å². The van der Waals surface area contributed by atoms with Crippen LogP contribution in [0.4, 0.5) is 27.6 Å². The molecule has 0 aliphatic heterocycles. The van der Waals surface area contributed by atoms with Gasteiger partial charge in [-0.2, -0.15) is 18.3 Å².